The molecule has 136 valence electrons. The van der Waals surface area contributed by atoms with Crippen molar-refractivity contribution < 1.29 is 13.9 Å². The molecule has 0 heterocycles. The first kappa shape index (κ1) is 19.4. The molecule has 0 aliphatic rings. The smallest absolute Gasteiger partial charge is 0.161 e. The minimum atomic E-state index is -0.286. The number of nitrogens with zero attached hydrogens (tertiary/aromatic N) is 1. The molecule has 0 saturated heterocycles. The molecule has 1 N–H and O–H groups in total. The minimum absolute atomic E-state index is 0.140. The number of hydrogen-bond acceptors (Lipinski definition) is 4. The number of methoxy groups -OCH3 is 1. The Hall–Kier alpha value is -2.92. The molecule has 0 amide bonds. The summed E-state index contributed by atoms with van der Waals surface area (Å²) in [5, 5.41) is 3.28. The van der Waals surface area contributed by atoms with Crippen LogP contribution < -0.4 is 14.8 Å². The zero-order chi connectivity index (χ0) is 18.8. The van der Waals surface area contributed by atoms with Crippen molar-refractivity contribution in [1.29, 1.82) is 0 Å². The molecule has 0 atom stereocenters. The van der Waals surface area contributed by atoms with Crippen molar-refractivity contribution in [1.82, 2.24) is 5.32 Å². The van der Waals surface area contributed by atoms with Crippen molar-refractivity contribution in [2.24, 2.45) is 4.99 Å². The molecule has 0 saturated carbocycles. The van der Waals surface area contributed by atoms with Gasteiger partial charge in [-0.2, -0.15) is 0 Å². The first-order valence-electron chi connectivity index (χ1n) is 8.21. The Kier molecular flexibility index (Phi) is 7.58. The summed E-state index contributed by atoms with van der Waals surface area (Å²) in [5.41, 5.74) is 2.35. The van der Waals surface area contributed by atoms with Crippen LogP contribution in [0.4, 0.5) is 4.39 Å². The van der Waals surface area contributed by atoms with Crippen molar-refractivity contribution in [3.05, 3.63) is 84.8 Å². The number of halogens is 1. The summed E-state index contributed by atoms with van der Waals surface area (Å²) in [5.74, 6) is 0.885. The fourth-order valence-electron chi connectivity index (χ4n) is 2.33. The molecule has 0 aliphatic heterocycles. The van der Waals surface area contributed by atoms with Crippen LogP contribution in [0, 0.1) is 5.82 Å². The van der Waals surface area contributed by atoms with Crippen LogP contribution in [-0.2, 0) is 13.2 Å². The summed E-state index contributed by atoms with van der Waals surface area (Å²) >= 11 is 0. The summed E-state index contributed by atoms with van der Waals surface area (Å²) in [6, 6.07) is 12.2. The fraction of sp³-hybridized carbons (Fsp3) is 0.190. The van der Waals surface area contributed by atoms with Crippen molar-refractivity contribution in [3.8, 4) is 11.5 Å². The summed E-state index contributed by atoms with van der Waals surface area (Å²) in [6.45, 7) is 8.65. The van der Waals surface area contributed by atoms with Crippen molar-refractivity contribution in [2.45, 2.75) is 13.2 Å². The largest absolute Gasteiger partial charge is 0.493 e. The lowest BCUT2D eigenvalue weighted by Gasteiger charge is -2.13. The van der Waals surface area contributed by atoms with Crippen molar-refractivity contribution in [3.63, 3.8) is 0 Å². The third kappa shape index (κ3) is 5.57. The van der Waals surface area contributed by atoms with Crippen LogP contribution >= 0.6 is 0 Å². The van der Waals surface area contributed by atoms with E-state index < -0.39 is 0 Å². The molecule has 0 aromatic heterocycles. The van der Waals surface area contributed by atoms with Crippen LogP contribution in [0.15, 0.2) is 72.9 Å². The highest BCUT2D eigenvalue weighted by atomic mass is 19.1. The molecular weight excluding hydrogens is 331 g/mol. The van der Waals surface area contributed by atoms with Crippen LogP contribution in [-0.4, -0.2) is 19.4 Å². The van der Waals surface area contributed by atoms with Crippen LogP contribution in [0.1, 0.15) is 11.1 Å². The van der Waals surface area contributed by atoms with Gasteiger partial charge in [0.05, 0.1) is 12.8 Å². The van der Waals surface area contributed by atoms with Crippen molar-refractivity contribution in [2.75, 3.05) is 13.7 Å². The van der Waals surface area contributed by atoms with Gasteiger partial charge in [-0.3, -0.25) is 4.99 Å². The third-order valence-corrected chi connectivity index (χ3v) is 3.70. The van der Waals surface area contributed by atoms with Gasteiger partial charge in [-0.25, -0.2) is 4.39 Å². The van der Waals surface area contributed by atoms with E-state index in [0.29, 0.717) is 30.2 Å². The lowest BCUT2D eigenvalue weighted by Crippen LogP contribution is -2.21. The van der Waals surface area contributed by atoms with E-state index in [1.165, 1.54) is 12.3 Å². The molecule has 2 aromatic rings. The molecule has 0 spiro atoms. The van der Waals surface area contributed by atoms with Gasteiger partial charge in [-0.05, 0) is 29.8 Å². The molecular formula is C21H23FN2O2. The Balaban J connectivity index is 1.98. The van der Waals surface area contributed by atoms with E-state index in [-0.39, 0.29) is 12.4 Å². The second-order valence-corrected chi connectivity index (χ2v) is 5.48. The first-order chi connectivity index (χ1) is 12.7. The first-order valence-corrected chi connectivity index (χ1v) is 8.21. The number of ether oxygens (including phenoxy) is 2. The molecule has 2 rings (SSSR count). The van der Waals surface area contributed by atoms with E-state index in [4.69, 9.17) is 9.47 Å². The Bertz CT molecular complexity index is 787. The molecule has 0 bridgehead atoms. The molecule has 0 radical (unpaired) electrons. The Morgan fingerprint density at radius 2 is 2.00 bits per heavy atom. The van der Waals surface area contributed by atoms with Gasteiger partial charge in [0.1, 0.15) is 12.4 Å². The SMILES string of the molecule is C=CN=C(C=C)CNCc1ccc(OCc2ccccc2F)c(OC)c1. The van der Waals surface area contributed by atoms with Crippen LogP contribution in [0.2, 0.25) is 0 Å². The van der Waals surface area contributed by atoms with Gasteiger partial charge in [0, 0.05) is 24.9 Å². The summed E-state index contributed by atoms with van der Waals surface area (Å²) in [4.78, 5) is 4.11. The van der Waals surface area contributed by atoms with Gasteiger partial charge >= 0.3 is 0 Å². The topological polar surface area (TPSA) is 42.9 Å². The number of aliphatic imine (C=N–C) groups is 1. The zero-order valence-corrected chi connectivity index (χ0v) is 14.9. The summed E-state index contributed by atoms with van der Waals surface area (Å²) in [6.07, 6.45) is 3.18. The van der Waals surface area contributed by atoms with Gasteiger partial charge in [0.15, 0.2) is 11.5 Å². The molecule has 2 aromatic carbocycles. The van der Waals surface area contributed by atoms with Gasteiger partial charge in [-0.1, -0.05) is 37.4 Å². The minimum Gasteiger partial charge on any atom is -0.493 e. The molecule has 5 heteroatoms. The molecule has 26 heavy (non-hydrogen) atoms. The maximum atomic E-state index is 13.7. The molecule has 0 fully saturated rings. The fourth-order valence-corrected chi connectivity index (χ4v) is 2.33. The number of benzene rings is 2. The molecule has 0 unspecified atom stereocenters. The summed E-state index contributed by atoms with van der Waals surface area (Å²) in [7, 11) is 1.58. The highest BCUT2D eigenvalue weighted by Gasteiger charge is 2.08. The lowest BCUT2D eigenvalue weighted by atomic mass is 10.2. The normalized spacial score (nSPS) is 11.1. The number of nitrogens with one attached hydrogen (secondary N) is 1. The third-order valence-electron chi connectivity index (χ3n) is 3.70. The second-order valence-electron chi connectivity index (χ2n) is 5.48. The quantitative estimate of drug-likeness (QED) is 0.648. The second kappa shape index (κ2) is 10.2. The van der Waals surface area contributed by atoms with E-state index >= 15 is 0 Å². The Morgan fingerprint density at radius 1 is 1.19 bits per heavy atom. The maximum absolute atomic E-state index is 13.7. The molecule has 4 nitrogen and oxygen atoms in total. The number of hydrogen-bond donors (Lipinski definition) is 1. The number of rotatable bonds is 10. The average Bonchev–Trinajstić information content (AvgIpc) is 2.67. The van der Waals surface area contributed by atoms with Crippen LogP contribution in [0.5, 0.6) is 11.5 Å². The summed E-state index contributed by atoms with van der Waals surface area (Å²) < 4.78 is 24.8. The standard InChI is InChI=1S/C21H23FN2O2/c1-4-18(24-5-2)14-23-13-16-10-11-20(21(12-16)25-3)26-15-17-8-6-7-9-19(17)22/h4-12,23H,1-2,13-15H2,3H3. The van der Waals surface area contributed by atoms with Crippen LogP contribution in [0.3, 0.4) is 0 Å². The van der Waals surface area contributed by atoms with Gasteiger partial charge in [0.2, 0.25) is 0 Å². The van der Waals surface area contributed by atoms with Crippen LogP contribution in [0.25, 0.3) is 0 Å². The van der Waals surface area contributed by atoms with Gasteiger partial charge < -0.3 is 14.8 Å². The van der Waals surface area contributed by atoms with E-state index in [1.54, 1.807) is 31.4 Å². The highest BCUT2D eigenvalue weighted by Crippen LogP contribution is 2.29. The van der Waals surface area contributed by atoms with E-state index in [2.05, 4.69) is 23.5 Å². The maximum Gasteiger partial charge on any atom is 0.161 e. The predicted molar refractivity (Wildman–Crippen MR) is 103 cm³/mol. The van der Waals surface area contributed by atoms with E-state index in [9.17, 15) is 4.39 Å². The monoisotopic (exact) mass is 354 g/mol. The average molecular weight is 354 g/mol. The van der Waals surface area contributed by atoms with Gasteiger partial charge in [-0.15, -0.1) is 0 Å². The van der Waals surface area contributed by atoms with Crippen molar-refractivity contribution >= 4 is 5.71 Å². The predicted octanol–water partition coefficient (Wildman–Crippen LogP) is 4.27. The molecule has 0 aliphatic carbocycles. The Labute approximate surface area is 153 Å². The Morgan fingerprint density at radius 3 is 2.69 bits per heavy atom. The van der Waals surface area contributed by atoms with E-state index in [1.807, 2.05) is 18.2 Å². The lowest BCUT2D eigenvalue weighted by molar-refractivity contribution is 0.279. The van der Waals surface area contributed by atoms with Gasteiger partial charge in [0.25, 0.3) is 0 Å². The zero-order valence-electron chi connectivity index (χ0n) is 14.9. The highest BCUT2D eigenvalue weighted by molar-refractivity contribution is 5.96. The van der Waals surface area contributed by atoms with E-state index in [0.717, 1.165) is 11.3 Å².